The number of nitrogens with two attached hydrogens (primary N) is 1. The fourth-order valence-electron chi connectivity index (χ4n) is 7.08. The molecule has 2 saturated heterocycles. The molecule has 0 bridgehead atoms. The summed E-state index contributed by atoms with van der Waals surface area (Å²) in [5.41, 5.74) is 12.9. The van der Waals surface area contributed by atoms with Gasteiger partial charge in [-0.25, -0.2) is 0 Å². The summed E-state index contributed by atoms with van der Waals surface area (Å²) in [4.78, 5) is 32.7. The first kappa shape index (κ1) is 31.1. The van der Waals surface area contributed by atoms with Gasteiger partial charge in [-0.2, -0.15) is 13.2 Å². The Labute approximate surface area is 261 Å². The van der Waals surface area contributed by atoms with Crippen molar-refractivity contribution in [3.8, 4) is 11.1 Å². The monoisotopic (exact) mass is 620 g/mol. The van der Waals surface area contributed by atoms with E-state index in [1.54, 1.807) is 12.1 Å². The number of carbonyl (C=O) groups is 2. The Kier molecular flexibility index (Phi) is 8.88. The number of halogens is 3. The van der Waals surface area contributed by atoms with E-state index in [2.05, 4.69) is 22.0 Å². The summed E-state index contributed by atoms with van der Waals surface area (Å²) < 4.78 is 45.3. The third kappa shape index (κ3) is 6.05. The maximum absolute atomic E-state index is 14.8. The van der Waals surface area contributed by atoms with Gasteiger partial charge in [0.1, 0.15) is 6.54 Å². The summed E-state index contributed by atoms with van der Waals surface area (Å²) in [6.07, 6.45) is -1.09. The molecular formula is C35H39F3N4O3. The van der Waals surface area contributed by atoms with Crippen LogP contribution in [-0.4, -0.2) is 63.4 Å². The molecule has 2 unspecified atom stereocenters. The molecule has 45 heavy (non-hydrogen) atoms. The predicted octanol–water partition coefficient (Wildman–Crippen LogP) is 5.77. The SMILES string of the molecule is CCCCc1c2c(cc(C(=O)c3ccccc3N3CCOCC3)c1N1CCCC1N)-c1ccccc1C2C(=O)NCC(F)(F)F. The predicted molar refractivity (Wildman–Crippen MR) is 169 cm³/mol. The van der Waals surface area contributed by atoms with Crippen molar-refractivity contribution in [3.63, 3.8) is 0 Å². The van der Waals surface area contributed by atoms with E-state index < -0.39 is 24.5 Å². The second-order valence-electron chi connectivity index (χ2n) is 12.0. The molecule has 0 radical (unpaired) electrons. The summed E-state index contributed by atoms with van der Waals surface area (Å²) in [6, 6.07) is 16.8. The van der Waals surface area contributed by atoms with Crippen molar-refractivity contribution >= 4 is 23.1 Å². The lowest BCUT2D eigenvalue weighted by Crippen LogP contribution is -2.39. The van der Waals surface area contributed by atoms with E-state index in [1.807, 2.05) is 42.5 Å². The van der Waals surface area contributed by atoms with Gasteiger partial charge in [0.25, 0.3) is 0 Å². The number of hydrogen-bond acceptors (Lipinski definition) is 6. The Morgan fingerprint density at radius 1 is 1.00 bits per heavy atom. The number of rotatable bonds is 9. The number of nitrogens with one attached hydrogen (secondary N) is 1. The van der Waals surface area contributed by atoms with Gasteiger partial charge in [-0.05, 0) is 71.7 Å². The number of hydrogen-bond donors (Lipinski definition) is 2. The standard InChI is InChI=1S/C35H39F3N4O3/c1-2-3-9-25-30-26(22-10-4-5-11-23(22)31(30)34(44)40-21-35(36,37)38)20-27(32(25)42-15-8-14-29(42)39)33(43)24-12-6-7-13-28(24)41-16-18-45-19-17-41/h4-7,10-13,20,29,31H,2-3,8-9,14-19,21,39H2,1H3,(H,40,44). The minimum atomic E-state index is -4.54. The Bertz CT molecular complexity index is 1580. The third-order valence-electron chi connectivity index (χ3n) is 9.13. The smallest absolute Gasteiger partial charge is 0.378 e. The lowest BCUT2D eigenvalue weighted by atomic mass is 9.84. The molecule has 1 aliphatic carbocycles. The first-order valence-corrected chi connectivity index (χ1v) is 15.8. The zero-order valence-electron chi connectivity index (χ0n) is 25.5. The summed E-state index contributed by atoms with van der Waals surface area (Å²) in [5, 5.41) is 2.15. The van der Waals surface area contributed by atoms with Crippen LogP contribution in [0.3, 0.4) is 0 Å². The van der Waals surface area contributed by atoms with Crippen molar-refractivity contribution in [2.24, 2.45) is 5.73 Å². The van der Waals surface area contributed by atoms with E-state index in [1.165, 1.54) is 0 Å². The molecule has 1 amide bonds. The summed E-state index contributed by atoms with van der Waals surface area (Å²) in [5.74, 6) is -1.79. The maximum atomic E-state index is 14.8. The molecule has 2 fully saturated rings. The van der Waals surface area contributed by atoms with Gasteiger partial charge in [-0.15, -0.1) is 0 Å². The molecule has 238 valence electrons. The van der Waals surface area contributed by atoms with Crippen LogP contribution < -0.4 is 20.9 Å². The molecular weight excluding hydrogens is 581 g/mol. The van der Waals surface area contributed by atoms with Gasteiger partial charge >= 0.3 is 6.18 Å². The van der Waals surface area contributed by atoms with Gasteiger partial charge in [-0.1, -0.05) is 49.7 Å². The van der Waals surface area contributed by atoms with Crippen LogP contribution in [0, 0.1) is 0 Å². The van der Waals surface area contributed by atoms with Crippen LogP contribution in [0.15, 0.2) is 54.6 Å². The van der Waals surface area contributed by atoms with Crippen molar-refractivity contribution in [1.82, 2.24) is 5.32 Å². The maximum Gasteiger partial charge on any atom is 0.405 e. The molecule has 7 nitrogen and oxygen atoms in total. The number of ketones is 1. The Morgan fingerprint density at radius 2 is 1.73 bits per heavy atom. The van der Waals surface area contributed by atoms with Crippen LogP contribution in [0.5, 0.6) is 0 Å². The Morgan fingerprint density at radius 3 is 2.44 bits per heavy atom. The van der Waals surface area contributed by atoms with E-state index in [9.17, 15) is 22.8 Å². The number of nitrogens with zero attached hydrogens (tertiary/aromatic N) is 2. The molecule has 0 spiro atoms. The number of fused-ring (bicyclic) bond motifs is 3. The zero-order chi connectivity index (χ0) is 31.7. The van der Waals surface area contributed by atoms with Crippen LogP contribution in [0.1, 0.15) is 71.1 Å². The molecule has 0 saturated carbocycles. The van der Waals surface area contributed by atoms with E-state index in [0.29, 0.717) is 72.8 Å². The van der Waals surface area contributed by atoms with Gasteiger partial charge in [0.2, 0.25) is 5.91 Å². The van der Waals surface area contributed by atoms with Crippen molar-refractivity contribution in [2.45, 2.75) is 57.3 Å². The molecule has 3 aromatic rings. The molecule has 6 rings (SSSR count). The molecule has 2 atom stereocenters. The highest BCUT2D eigenvalue weighted by atomic mass is 19.4. The minimum Gasteiger partial charge on any atom is -0.378 e. The number of alkyl halides is 3. The highest BCUT2D eigenvalue weighted by Crippen LogP contribution is 2.51. The largest absolute Gasteiger partial charge is 0.405 e. The number of carbonyl (C=O) groups excluding carboxylic acids is 2. The highest BCUT2D eigenvalue weighted by molar-refractivity contribution is 6.17. The average molecular weight is 621 g/mol. The molecule has 10 heteroatoms. The lowest BCUT2D eigenvalue weighted by molar-refractivity contribution is -0.138. The molecule has 0 aromatic heterocycles. The van der Waals surface area contributed by atoms with Crippen LogP contribution in [-0.2, 0) is 16.0 Å². The van der Waals surface area contributed by atoms with Crippen LogP contribution in [0.25, 0.3) is 11.1 Å². The van der Waals surface area contributed by atoms with Gasteiger partial charge in [0.15, 0.2) is 5.78 Å². The van der Waals surface area contributed by atoms with Crippen LogP contribution in [0.2, 0.25) is 0 Å². The number of amides is 1. The number of morpholine rings is 1. The second-order valence-corrected chi connectivity index (χ2v) is 12.0. The van der Waals surface area contributed by atoms with Gasteiger partial charge in [0.05, 0.1) is 31.0 Å². The fourth-order valence-corrected chi connectivity index (χ4v) is 7.08. The molecule has 3 N–H and O–H groups in total. The Balaban J connectivity index is 1.58. The molecule has 2 heterocycles. The van der Waals surface area contributed by atoms with Crippen molar-refractivity contribution in [1.29, 1.82) is 0 Å². The highest BCUT2D eigenvalue weighted by Gasteiger charge is 2.41. The molecule has 2 aliphatic heterocycles. The number of benzene rings is 3. The first-order chi connectivity index (χ1) is 21.7. The minimum absolute atomic E-state index is 0.144. The number of anilines is 2. The number of ether oxygens (including phenoxy) is 1. The Hall–Kier alpha value is -3.89. The van der Waals surface area contributed by atoms with Crippen LogP contribution >= 0.6 is 0 Å². The molecule has 3 aromatic carbocycles. The summed E-state index contributed by atoms with van der Waals surface area (Å²) >= 11 is 0. The summed E-state index contributed by atoms with van der Waals surface area (Å²) in [6.45, 7) is 3.78. The third-order valence-corrected chi connectivity index (χ3v) is 9.13. The van der Waals surface area contributed by atoms with E-state index in [0.717, 1.165) is 42.5 Å². The number of para-hydroxylation sites is 1. The van der Waals surface area contributed by atoms with E-state index in [-0.39, 0.29) is 11.9 Å². The quantitative estimate of drug-likeness (QED) is 0.296. The van der Waals surface area contributed by atoms with E-state index in [4.69, 9.17) is 10.5 Å². The summed E-state index contributed by atoms with van der Waals surface area (Å²) in [7, 11) is 0. The second kappa shape index (κ2) is 12.8. The molecule has 3 aliphatic rings. The fraction of sp³-hybridized carbons (Fsp3) is 0.429. The number of unbranched alkanes of at least 4 members (excludes halogenated alkanes) is 1. The van der Waals surface area contributed by atoms with Gasteiger partial charge in [0, 0.05) is 36.4 Å². The zero-order valence-corrected chi connectivity index (χ0v) is 25.5. The normalized spacial score (nSPS) is 19.4. The lowest BCUT2D eigenvalue weighted by Gasteiger charge is -2.33. The average Bonchev–Trinajstić information content (AvgIpc) is 3.62. The van der Waals surface area contributed by atoms with Gasteiger partial charge in [-0.3, -0.25) is 9.59 Å². The van der Waals surface area contributed by atoms with Gasteiger partial charge < -0.3 is 25.6 Å². The van der Waals surface area contributed by atoms with Crippen molar-refractivity contribution < 1.29 is 27.5 Å². The van der Waals surface area contributed by atoms with Crippen molar-refractivity contribution in [3.05, 3.63) is 82.4 Å². The van der Waals surface area contributed by atoms with Crippen LogP contribution in [0.4, 0.5) is 24.5 Å². The van der Waals surface area contributed by atoms with E-state index >= 15 is 0 Å². The topological polar surface area (TPSA) is 87.9 Å². The van der Waals surface area contributed by atoms with Crippen molar-refractivity contribution in [2.75, 3.05) is 49.2 Å². The first-order valence-electron chi connectivity index (χ1n) is 15.8.